The van der Waals surface area contributed by atoms with E-state index >= 15 is 0 Å². The van der Waals surface area contributed by atoms with Crippen LogP contribution in [0, 0.1) is 11.8 Å². The van der Waals surface area contributed by atoms with Crippen molar-refractivity contribution in [2.75, 3.05) is 29.7 Å². The Balaban J connectivity index is 2.31. The van der Waals surface area contributed by atoms with Gasteiger partial charge in [0, 0.05) is 18.3 Å². The molecular weight excluding hydrogens is 560 g/mol. The van der Waals surface area contributed by atoms with Crippen LogP contribution in [0.4, 0.5) is 17.1 Å². The largest absolute Gasteiger partial charge is 0.462 e. The molecule has 0 aliphatic heterocycles. The summed E-state index contributed by atoms with van der Waals surface area (Å²) < 4.78 is 11.3. The number of unbranched alkanes of at least 4 members (excludes halogenated alkanes) is 2. The van der Waals surface area contributed by atoms with E-state index in [1.807, 2.05) is 0 Å². The zero-order chi connectivity index (χ0) is 32.5. The Labute approximate surface area is 261 Å². The van der Waals surface area contributed by atoms with E-state index in [9.17, 15) is 19.2 Å². The molecule has 0 aromatic heterocycles. The number of Topliss-reactive ketones (excluding diaryl/α,β-unsaturated/α-hetero) is 1. The van der Waals surface area contributed by atoms with Crippen molar-refractivity contribution in [1.82, 2.24) is 0 Å². The number of ether oxygens (including phenoxy) is 2. The van der Waals surface area contributed by atoms with Gasteiger partial charge in [-0.25, -0.2) is 9.59 Å². The fourth-order valence-electron chi connectivity index (χ4n) is 4.47. The first-order valence-corrected chi connectivity index (χ1v) is 15.6. The zero-order valence-electron chi connectivity index (χ0n) is 26.7. The third-order valence-corrected chi connectivity index (χ3v) is 7.46. The predicted molar refractivity (Wildman–Crippen MR) is 175 cm³/mol. The number of nitrogens with zero attached hydrogens (tertiary/aromatic N) is 1. The molecule has 0 saturated heterocycles. The number of esters is 2. The molecule has 2 atom stereocenters. The standard InChI is InChI=1S/C34H48N4O6/c1-6-10-12-24(8-3)21-43-33(41)29-19-18-28(20-30(29)34(42)44-22-25(9-4)13-11-7-2)37-38-31(23(5)39)32(40)36-27-16-14-26(35)15-17-27/h14-20,24-25,37H,6-13,21-22,35H2,1-5H3,(H,36,40)/b38-31-. The molecule has 0 heterocycles. The Bertz CT molecular complexity index is 1280. The third kappa shape index (κ3) is 11.8. The molecule has 10 nitrogen and oxygen atoms in total. The maximum atomic E-state index is 13.3. The summed E-state index contributed by atoms with van der Waals surface area (Å²) in [4.78, 5) is 51.5. The highest BCUT2D eigenvalue weighted by atomic mass is 16.5. The molecule has 1 amide bonds. The van der Waals surface area contributed by atoms with Crippen LogP contribution in [0.25, 0.3) is 0 Å². The minimum atomic E-state index is -0.721. The summed E-state index contributed by atoms with van der Waals surface area (Å²) in [7, 11) is 0. The van der Waals surface area contributed by atoms with E-state index < -0.39 is 23.6 Å². The second-order valence-electron chi connectivity index (χ2n) is 11.0. The van der Waals surface area contributed by atoms with E-state index in [-0.39, 0.29) is 47.6 Å². The smallest absolute Gasteiger partial charge is 0.339 e. The van der Waals surface area contributed by atoms with Crippen molar-refractivity contribution in [1.29, 1.82) is 0 Å². The molecule has 10 heteroatoms. The molecule has 2 aromatic rings. The van der Waals surface area contributed by atoms with E-state index in [1.54, 1.807) is 24.3 Å². The normalized spacial score (nSPS) is 12.6. The van der Waals surface area contributed by atoms with Crippen LogP contribution in [0.2, 0.25) is 0 Å². The molecule has 44 heavy (non-hydrogen) atoms. The number of amides is 1. The van der Waals surface area contributed by atoms with Crippen molar-refractivity contribution in [3.05, 3.63) is 53.6 Å². The van der Waals surface area contributed by atoms with Gasteiger partial charge in [0.05, 0.1) is 30.0 Å². The Morgan fingerprint density at radius 1 is 0.773 bits per heavy atom. The zero-order valence-corrected chi connectivity index (χ0v) is 26.7. The van der Waals surface area contributed by atoms with Crippen molar-refractivity contribution >= 4 is 46.4 Å². The van der Waals surface area contributed by atoms with Crippen molar-refractivity contribution in [2.24, 2.45) is 16.9 Å². The molecule has 0 fully saturated rings. The molecule has 0 radical (unpaired) electrons. The minimum Gasteiger partial charge on any atom is -0.462 e. The molecular formula is C34H48N4O6. The van der Waals surface area contributed by atoms with Gasteiger partial charge in [0.15, 0.2) is 11.5 Å². The number of nitrogens with two attached hydrogens (primary N) is 1. The number of anilines is 3. The van der Waals surface area contributed by atoms with E-state index in [0.717, 1.165) is 51.4 Å². The SMILES string of the molecule is CCCCC(CC)COC(=O)c1ccc(N/N=C(/C(C)=O)C(=O)Nc2ccc(N)cc2)cc1C(=O)OCC(CC)CCCC. The highest BCUT2D eigenvalue weighted by Gasteiger charge is 2.23. The van der Waals surface area contributed by atoms with E-state index in [0.29, 0.717) is 11.4 Å². The lowest BCUT2D eigenvalue weighted by Gasteiger charge is -2.17. The minimum absolute atomic E-state index is 0.0119. The fourth-order valence-corrected chi connectivity index (χ4v) is 4.47. The summed E-state index contributed by atoms with van der Waals surface area (Å²) in [6.07, 6.45) is 7.82. The summed E-state index contributed by atoms with van der Waals surface area (Å²) in [5, 5.41) is 6.62. The van der Waals surface area contributed by atoms with Gasteiger partial charge < -0.3 is 20.5 Å². The fraction of sp³-hybridized carbons (Fsp3) is 0.500. The number of nitrogens with one attached hydrogen (secondary N) is 2. The number of nitrogen functional groups attached to an aromatic ring is 1. The summed E-state index contributed by atoms with van der Waals surface area (Å²) in [6.45, 7) is 10.1. The summed E-state index contributed by atoms with van der Waals surface area (Å²) >= 11 is 0. The Hall–Kier alpha value is -4.21. The number of carbonyl (C=O) groups excluding carboxylic acids is 4. The Morgan fingerprint density at radius 2 is 1.30 bits per heavy atom. The van der Waals surface area contributed by atoms with Crippen molar-refractivity contribution < 1.29 is 28.7 Å². The summed E-state index contributed by atoms with van der Waals surface area (Å²) in [5.41, 5.74) is 9.32. The lowest BCUT2D eigenvalue weighted by molar-refractivity contribution is -0.114. The Morgan fingerprint density at radius 3 is 1.80 bits per heavy atom. The number of carbonyl (C=O) groups is 4. The monoisotopic (exact) mass is 608 g/mol. The van der Waals surface area contributed by atoms with Crippen LogP contribution in [0.1, 0.15) is 107 Å². The van der Waals surface area contributed by atoms with Crippen LogP contribution < -0.4 is 16.5 Å². The van der Waals surface area contributed by atoms with Crippen LogP contribution in [-0.4, -0.2) is 42.6 Å². The van der Waals surface area contributed by atoms with Gasteiger partial charge in [0.25, 0.3) is 5.91 Å². The van der Waals surface area contributed by atoms with Gasteiger partial charge >= 0.3 is 11.9 Å². The Kier molecular flexibility index (Phi) is 15.7. The highest BCUT2D eigenvalue weighted by molar-refractivity contribution is 6.67. The number of rotatable bonds is 19. The number of hydrogen-bond donors (Lipinski definition) is 3. The second-order valence-corrected chi connectivity index (χ2v) is 11.0. The number of benzene rings is 2. The van der Waals surface area contributed by atoms with Gasteiger partial charge in [-0.2, -0.15) is 5.10 Å². The molecule has 2 unspecified atom stereocenters. The molecule has 2 rings (SSSR count). The van der Waals surface area contributed by atoms with Gasteiger partial charge in [0.2, 0.25) is 0 Å². The van der Waals surface area contributed by atoms with Crippen LogP contribution in [-0.2, 0) is 19.1 Å². The first kappa shape index (κ1) is 36.0. The second kappa shape index (κ2) is 19.1. The van der Waals surface area contributed by atoms with Gasteiger partial charge in [-0.05, 0) is 67.1 Å². The summed E-state index contributed by atoms with van der Waals surface area (Å²) in [5.74, 6) is -2.13. The van der Waals surface area contributed by atoms with Gasteiger partial charge in [-0.15, -0.1) is 0 Å². The molecule has 4 N–H and O–H groups in total. The van der Waals surface area contributed by atoms with Crippen molar-refractivity contribution in [3.63, 3.8) is 0 Å². The maximum absolute atomic E-state index is 13.3. The molecule has 0 aliphatic carbocycles. The average molecular weight is 609 g/mol. The van der Waals surface area contributed by atoms with Crippen LogP contribution in [0.5, 0.6) is 0 Å². The predicted octanol–water partition coefficient (Wildman–Crippen LogP) is 7.01. The van der Waals surface area contributed by atoms with Crippen LogP contribution >= 0.6 is 0 Å². The van der Waals surface area contributed by atoms with E-state index in [1.165, 1.54) is 25.1 Å². The van der Waals surface area contributed by atoms with Gasteiger partial charge in [0.1, 0.15) is 0 Å². The van der Waals surface area contributed by atoms with Crippen LogP contribution in [0.15, 0.2) is 47.6 Å². The van der Waals surface area contributed by atoms with Crippen molar-refractivity contribution in [2.45, 2.75) is 86.0 Å². The van der Waals surface area contributed by atoms with E-state index in [2.05, 4.69) is 43.5 Å². The van der Waals surface area contributed by atoms with Crippen molar-refractivity contribution in [3.8, 4) is 0 Å². The topological polar surface area (TPSA) is 149 Å². The number of hydrazone groups is 1. The van der Waals surface area contributed by atoms with Gasteiger partial charge in [-0.1, -0.05) is 66.2 Å². The molecule has 240 valence electrons. The lowest BCUT2D eigenvalue weighted by atomic mass is 10.0. The first-order valence-electron chi connectivity index (χ1n) is 15.6. The third-order valence-electron chi connectivity index (χ3n) is 7.46. The molecule has 0 spiro atoms. The lowest BCUT2D eigenvalue weighted by Crippen LogP contribution is -2.29. The number of hydrogen-bond acceptors (Lipinski definition) is 9. The average Bonchev–Trinajstić information content (AvgIpc) is 3.02. The van der Waals surface area contributed by atoms with Crippen LogP contribution in [0.3, 0.4) is 0 Å². The molecule has 0 saturated carbocycles. The summed E-state index contributed by atoms with van der Waals surface area (Å²) in [6, 6.07) is 10.8. The van der Waals surface area contributed by atoms with E-state index in [4.69, 9.17) is 15.2 Å². The molecule has 0 aliphatic rings. The number of ketones is 1. The molecule has 2 aromatic carbocycles. The maximum Gasteiger partial charge on any atom is 0.339 e. The molecule has 0 bridgehead atoms. The first-order chi connectivity index (χ1) is 21.1. The van der Waals surface area contributed by atoms with Gasteiger partial charge in [-0.3, -0.25) is 15.0 Å². The highest BCUT2D eigenvalue weighted by Crippen LogP contribution is 2.22. The quantitative estimate of drug-likeness (QED) is 0.0507.